The fourth-order valence-corrected chi connectivity index (χ4v) is 6.55. The fraction of sp³-hybridized carbons (Fsp3) is 0.444. The van der Waals surface area contributed by atoms with Crippen LogP contribution in [-0.4, -0.2) is 60.2 Å². The molecule has 2 N–H and O–H groups in total. The van der Waals surface area contributed by atoms with Gasteiger partial charge in [0.05, 0.1) is 12.0 Å². The number of anilines is 1. The van der Waals surface area contributed by atoms with Crippen molar-refractivity contribution in [3.05, 3.63) is 53.1 Å². The van der Waals surface area contributed by atoms with E-state index in [4.69, 9.17) is 9.84 Å². The summed E-state index contributed by atoms with van der Waals surface area (Å²) in [5, 5.41) is 11.6. The van der Waals surface area contributed by atoms with Crippen molar-refractivity contribution in [3.63, 3.8) is 0 Å². The molecule has 1 fully saturated rings. The van der Waals surface area contributed by atoms with Crippen LogP contribution in [0, 0.1) is 23.5 Å². The Bertz CT molecular complexity index is 1220. The third kappa shape index (κ3) is 5.58. The number of hydrogen-bond donors (Lipinski definition) is 2. The number of aliphatic carboxylic acids is 1. The number of carbonyl (C=O) groups is 3. The first kappa shape index (κ1) is 26.9. The van der Waals surface area contributed by atoms with E-state index >= 15 is 0 Å². The van der Waals surface area contributed by atoms with Gasteiger partial charge in [0.1, 0.15) is 23.4 Å². The highest BCUT2D eigenvalue weighted by Crippen LogP contribution is 2.48. The maximum atomic E-state index is 14.8. The van der Waals surface area contributed by atoms with Crippen LogP contribution in [0.2, 0.25) is 0 Å². The first-order valence-electron chi connectivity index (χ1n) is 12.1. The van der Waals surface area contributed by atoms with Crippen molar-refractivity contribution in [2.75, 3.05) is 37.7 Å². The number of methoxy groups -OCH3 is 1. The zero-order chi connectivity index (χ0) is 27.1. The van der Waals surface area contributed by atoms with Gasteiger partial charge in [0.15, 0.2) is 0 Å². The molecule has 10 heteroatoms. The molecule has 4 rings (SSSR count). The highest BCUT2D eigenvalue weighted by atomic mass is 32.3. The van der Waals surface area contributed by atoms with E-state index in [-0.39, 0.29) is 41.3 Å². The lowest BCUT2D eigenvalue weighted by Crippen LogP contribution is -2.50. The number of hydrogen-bond acceptors (Lipinski definition) is 4. The molecule has 0 aromatic heterocycles. The molecule has 0 saturated heterocycles. The Labute approximate surface area is 216 Å². The van der Waals surface area contributed by atoms with Crippen molar-refractivity contribution in [2.45, 2.75) is 36.6 Å². The largest absolute Gasteiger partial charge is 0.497 e. The number of benzene rings is 2. The average Bonchev–Trinajstić information content (AvgIpc) is 2.77. The van der Waals surface area contributed by atoms with E-state index < -0.39 is 39.6 Å². The second kappa shape index (κ2) is 10.3. The number of carboxylic acid groups (broad SMARTS) is 1. The SMILES string of the molecule is COc1ccc2c(c1)CCN(C(=O)[C@H]1C[C@@H](CC(=O)O)C1)[C@H]2C(=O)Nc1cc(F)c(S(C)(C)C)c(F)c1. The maximum absolute atomic E-state index is 14.8. The number of carbonyl (C=O) groups excluding carboxylic acids is 2. The van der Waals surface area contributed by atoms with Crippen molar-refractivity contribution in [3.8, 4) is 5.75 Å². The van der Waals surface area contributed by atoms with Crippen LogP contribution >= 0.6 is 10.0 Å². The van der Waals surface area contributed by atoms with Crippen LogP contribution in [0.15, 0.2) is 35.2 Å². The summed E-state index contributed by atoms with van der Waals surface area (Å²) in [5.41, 5.74) is 1.45. The predicted molar refractivity (Wildman–Crippen MR) is 138 cm³/mol. The van der Waals surface area contributed by atoms with Crippen LogP contribution in [0.25, 0.3) is 0 Å². The Morgan fingerprint density at radius 3 is 2.32 bits per heavy atom. The van der Waals surface area contributed by atoms with Gasteiger partial charge in [-0.2, -0.15) is 0 Å². The summed E-state index contributed by atoms with van der Waals surface area (Å²) < 4.78 is 35.0. The third-order valence-corrected chi connectivity index (χ3v) is 8.65. The molecular formula is C27H32F2N2O5S. The van der Waals surface area contributed by atoms with Crippen LogP contribution in [0.4, 0.5) is 14.5 Å². The molecule has 0 unspecified atom stereocenters. The van der Waals surface area contributed by atoms with E-state index in [0.29, 0.717) is 30.6 Å². The lowest BCUT2D eigenvalue weighted by molar-refractivity contribution is -0.149. The van der Waals surface area contributed by atoms with Crippen molar-refractivity contribution < 1.29 is 33.0 Å². The van der Waals surface area contributed by atoms with Gasteiger partial charge in [0.2, 0.25) is 5.91 Å². The first-order chi connectivity index (χ1) is 17.4. The zero-order valence-corrected chi connectivity index (χ0v) is 22.2. The molecule has 7 nitrogen and oxygen atoms in total. The van der Waals surface area contributed by atoms with Crippen molar-refractivity contribution >= 4 is 33.5 Å². The van der Waals surface area contributed by atoms with E-state index in [2.05, 4.69) is 5.32 Å². The standard InChI is InChI=1S/C27H32F2N2O5S/c1-36-19-5-6-20-16(12-19)7-8-31(27(35)17-9-15(10-17)11-23(32)33)24(20)26(34)30-18-13-21(28)25(22(29)14-18)37(2,3)4/h5-6,12-15,17,24H,7-11H2,1-4H3,(H,30,34)(H,32,33)/t15-,17+,24-/m1/s1. The van der Waals surface area contributed by atoms with Crippen molar-refractivity contribution in [1.82, 2.24) is 4.90 Å². The number of carboxylic acids is 1. The molecule has 0 spiro atoms. The van der Waals surface area contributed by atoms with Gasteiger partial charge in [-0.1, -0.05) is 6.07 Å². The molecule has 0 bridgehead atoms. The molecule has 2 aromatic carbocycles. The Balaban J connectivity index is 1.62. The molecule has 1 aliphatic heterocycles. The summed E-state index contributed by atoms with van der Waals surface area (Å²) in [7, 11) is -0.137. The lowest BCUT2D eigenvalue weighted by Gasteiger charge is -2.42. The molecule has 1 aliphatic carbocycles. The highest BCUT2D eigenvalue weighted by molar-refractivity contribution is 8.32. The summed E-state index contributed by atoms with van der Waals surface area (Å²) in [5.74, 6) is -2.93. The predicted octanol–water partition coefficient (Wildman–Crippen LogP) is 4.59. The molecule has 37 heavy (non-hydrogen) atoms. The highest BCUT2D eigenvalue weighted by Gasteiger charge is 2.43. The quantitative estimate of drug-likeness (QED) is 0.542. The van der Waals surface area contributed by atoms with E-state index in [1.165, 1.54) is 4.90 Å². The molecule has 1 saturated carbocycles. The Morgan fingerprint density at radius 1 is 1.11 bits per heavy atom. The van der Waals surface area contributed by atoms with Gasteiger partial charge in [-0.25, -0.2) is 18.8 Å². The van der Waals surface area contributed by atoms with Gasteiger partial charge in [0.25, 0.3) is 5.91 Å². The summed E-state index contributed by atoms with van der Waals surface area (Å²) >= 11 is 0. The van der Waals surface area contributed by atoms with Crippen LogP contribution < -0.4 is 10.1 Å². The minimum Gasteiger partial charge on any atom is -0.497 e. The van der Waals surface area contributed by atoms with Crippen LogP contribution in [-0.2, 0) is 20.8 Å². The fourth-order valence-electron chi connectivity index (χ4n) is 5.26. The Hall–Kier alpha value is -3.14. The number of rotatable bonds is 7. The van der Waals surface area contributed by atoms with Crippen LogP contribution in [0.3, 0.4) is 0 Å². The van der Waals surface area contributed by atoms with Crippen molar-refractivity contribution in [1.29, 1.82) is 0 Å². The number of nitrogens with one attached hydrogen (secondary N) is 1. The van der Waals surface area contributed by atoms with E-state index in [9.17, 15) is 23.2 Å². The Morgan fingerprint density at radius 2 is 1.76 bits per heavy atom. The van der Waals surface area contributed by atoms with E-state index in [0.717, 1.165) is 17.7 Å². The number of halogens is 2. The van der Waals surface area contributed by atoms with Crippen molar-refractivity contribution in [2.24, 2.45) is 11.8 Å². The minimum atomic E-state index is -1.68. The van der Waals surface area contributed by atoms with Gasteiger partial charge in [-0.3, -0.25) is 14.4 Å². The van der Waals surface area contributed by atoms with Gasteiger partial charge < -0.3 is 20.1 Å². The van der Waals surface area contributed by atoms with Gasteiger partial charge in [-0.15, -0.1) is 0 Å². The van der Waals surface area contributed by atoms with Crippen LogP contribution in [0.1, 0.15) is 36.4 Å². The monoisotopic (exact) mass is 534 g/mol. The number of nitrogens with zero attached hydrogens (tertiary/aromatic N) is 1. The van der Waals surface area contributed by atoms with Crippen LogP contribution in [0.5, 0.6) is 5.75 Å². The number of fused-ring (bicyclic) bond motifs is 1. The number of ether oxygens (including phenoxy) is 1. The van der Waals surface area contributed by atoms with Gasteiger partial charge >= 0.3 is 5.97 Å². The molecule has 0 radical (unpaired) electrons. The summed E-state index contributed by atoms with van der Waals surface area (Å²) in [6, 6.07) is 6.49. The molecular weight excluding hydrogens is 502 g/mol. The molecule has 200 valence electrons. The molecule has 2 amide bonds. The molecule has 2 aromatic rings. The molecule has 2 aliphatic rings. The second-order valence-corrected chi connectivity index (χ2v) is 14.6. The van der Waals surface area contributed by atoms with E-state index in [1.807, 2.05) is 6.07 Å². The first-order valence-corrected chi connectivity index (χ1v) is 14.9. The third-order valence-electron chi connectivity index (χ3n) is 7.04. The van der Waals surface area contributed by atoms with E-state index in [1.54, 1.807) is 38.0 Å². The normalized spacial score (nSPS) is 21.5. The molecule has 1 atom stereocenters. The lowest BCUT2D eigenvalue weighted by atomic mass is 9.72. The summed E-state index contributed by atoms with van der Waals surface area (Å²) in [6.45, 7) is 0.284. The minimum absolute atomic E-state index is 0.0123. The molecule has 1 heterocycles. The summed E-state index contributed by atoms with van der Waals surface area (Å²) in [4.78, 5) is 39.5. The maximum Gasteiger partial charge on any atom is 0.303 e. The second-order valence-electron chi connectivity index (χ2n) is 10.5. The van der Waals surface area contributed by atoms with Gasteiger partial charge in [0, 0.05) is 24.6 Å². The number of amides is 2. The Kier molecular flexibility index (Phi) is 7.50. The average molecular weight is 535 g/mol. The smallest absolute Gasteiger partial charge is 0.303 e. The summed E-state index contributed by atoms with van der Waals surface area (Å²) in [6.07, 6.45) is 6.79. The zero-order valence-electron chi connectivity index (χ0n) is 21.3. The topological polar surface area (TPSA) is 95.9 Å². The van der Waals surface area contributed by atoms with Gasteiger partial charge in [-0.05, 0) is 79.3 Å².